The van der Waals surface area contributed by atoms with Crippen LogP contribution in [0.2, 0.25) is 5.02 Å². The number of rotatable bonds is 5. The number of H-pyrrole nitrogens is 1. The van der Waals surface area contributed by atoms with Crippen molar-refractivity contribution >= 4 is 33.4 Å². The molecule has 0 atom stereocenters. The van der Waals surface area contributed by atoms with Gasteiger partial charge in [-0.25, -0.2) is 0 Å². The Morgan fingerprint density at radius 2 is 2.37 bits per heavy atom. The SMILES string of the molecule is O=C(COc1ccc(Cl)cc1Br)NCc1nn[nH]n1. The van der Waals surface area contributed by atoms with E-state index in [9.17, 15) is 4.79 Å². The van der Waals surface area contributed by atoms with Gasteiger partial charge >= 0.3 is 0 Å². The van der Waals surface area contributed by atoms with E-state index in [2.05, 4.69) is 41.9 Å². The van der Waals surface area contributed by atoms with Crippen molar-refractivity contribution < 1.29 is 9.53 Å². The molecule has 9 heteroatoms. The summed E-state index contributed by atoms with van der Waals surface area (Å²) in [5.41, 5.74) is 0. The van der Waals surface area contributed by atoms with Gasteiger partial charge < -0.3 is 10.1 Å². The molecule has 2 N–H and O–H groups in total. The first-order chi connectivity index (χ1) is 9.15. The summed E-state index contributed by atoms with van der Waals surface area (Å²) in [7, 11) is 0. The molecule has 0 bridgehead atoms. The van der Waals surface area contributed by atoms with E-state index in [0.717, 1.165) is 0 Å². The van der Waals surface area contributed by atoms with Crippen LogP contribution < -0.4 is 10.1 Å². The zero-order chi connectivity index (χ0) is 13.7. The molecule has 1 amide bonds. The Morgan fingerprint density at radius 3 is 3.05 bits per heavy atom. The summed E-state index contributed by atoms with van der Waals surface area (Å²) in [6.45, 7) is 0.0819. The third-order valence-corrected chi connectivity index (χ3v) is 2.94. The van der Waals surface area contributed by atoms with Gasteiger partial charge in [0.1, 0.15) is 5.75 Å². The maximum atomic E-state index is 11.5. The normalized spacial score (nSPS) is 10.2. The molecule has 0 aliphatic heterocycles. The van der Waals surface area contributed by atoms with Crippen LogP contribution in [0.25, 0.3) is 0 Å². The van der Waals surface area contributed by atoms with E-state index in [0.29, 0.717) is 21.1 Å². The number of amides is 1. The van der Waals surface area contributed by atoms with Crippen molar-refractivity contribution in [3.63, 3.8) is 0 Å². The first-order valence-electron chi connectivity index (χ1n) is 5.22. The van der Waals surface area contributed by atoms with Gasteiger partial charge in [-0.2, -0.15) is 5.21 Å². The van der Waals surface area contributed by atoms with Crippen LogP contribution in [-0.4, -0.2) is 33.1 Å². The minimum Gasteiger partial charge on any atom is -0.483 e. The van der Waals surface area contributed by atoms with Gasteiger partial charge in [-0.3, -0.25) is 4.79 Å². The molecule has 1 heterocycles. The average molecular weight is 347 g/mol. The Kier molecular flexibility index (Phi) is 4.69. The van der Waals surface area contributed by atoms with E-state index < -0.39 is 0 Å². The van der Waals surface area contributed by atoms with Gasteiger partial charge in [0.15, 0.2) is 12.4 Å². The van der Waals surface area contributed by atoms with Gasteiger partial charge in [0, 0.05) is 5.02 Å². The van der Waals surface area contributed by atoms with Crippen molar-refractivity contribution in [2.24, 2.45) is 0 Å². The quantitative estimate of drug-likeness (QED) is 0.851. The molecule has 1 aromatic carbocycles. The van der Waals surface area contributed by atoms with Crippen LogP contribution in [0, 0.1) is 0 Å². The van der Waals surface area contributed by atoms with E-state index in [1.165, 1.54) is 0 Å². The molecule has 0 aliphatic carbocycles. The number of halogens is 2. The van der Waals surface area contributed by atoms with E-state index >= 15 is 0 Å². The van der Waals surface area contributed by atoms with Crippen molar-refractivity contribution in [3.8, 4) is 5.75 Å². The maximum absolute atomic E-state index is 11.5. The number of hydrogen-bond donors (Lipinski definition) is 2. The Bertz CT molecular complexity index is 563. The van der Waals surface area contributed by atoms with Crippen LogP contribution in [0.4, 0.5) is 0 Å². The fourth-order valence-electron chi connectivity index (χ4n) is 1.22. The number of hydrogen-bond acceptors (Lipinski definition) is 5. The van der Waals surface area contributed by atoms with Crippen LogP contribution in [0.1, 0.15) is 5.82 Å². The van der Waals surface area contributed by atoms with E-state index in [-0.39, 0.29) is 19.1 Å². The number of aromatic amines is 1. The highest BCUT2D eigenvalue weighted by Gasteiger charge is 2.07. The smallest absolute Gasteiger partial charge is 0.258 e. The fourth-order valence-corrected chi connectivity index (χ4v) is 2.02. The topological polar surface area (TPSA) is 92.8 Å². The molecule has 2 rings (SSSR count). The average Bonchev–Trinajstić information content (AvgIpc) is 2.88. The molecule has 0 saturated heterocycles. The highest BCUT2D eigenvalue weighted by Crippen LogP contribution is 2.27. The summed E-state index contributed by atoms with van der Waals surface area (Å²) in [5.74, 6) is 0.659. The van der Waals surface area contributed by atoms with Crippen molar-refractivity contribution in [1.82, 2.24) is 25.9 Å². The molecule has 0 spiro atoms. The highest BCUT2D eigenvalue weighted by molar-refractivity contribution is 9.10. The summed E-state index contributed by atoms with van der Waals surface area (Å²) in [4.78, 5) is 11.5. The molecular weight excluding hydrogens is 338 g/mol. The second kappa shape index (κ2) is 6.48. The minimum atomic E-state index is -0.286. The molecule has 0 unspecified atom stereocenters. The standard InChI is InChI=1S/C10H9BrClN5O2/c11-7-3-6(12)1-2-8(7)19-5-10(18)13-4-9-14-16-17-15-9/h1-3H,4-5H2,(H,13,18)(H,14,15,16,17). The monoisotopic (exact) mass is 345 g/mol. The number of tetrazole rings is 1. The van der Waals surface area contributed by atoms with Gasteiger partial charge in [0.05, 0.1) is 11.0 Å². The van der Waals surface area contributed by atoms with Crippen molar-refractivity contribution in [2.45, 2.75) is 6.54 Å². The van der Waals surface area contributed by atoms with Crippen LogP contribution in [0.3, 0.4) is 0 Å². The molecule has 0 radical (unpaired) electrons. The number of benzene rings is 1. The van der Waals surface area contributed by atoms with Crippen LogP contribution in [-0.2, 0) is 11.3 Å². The molecule has 100 valence electrons. The number of aromatic nitrogens is 4. The minimum absolute atomic E-state index is 0.113. The zero-order valence-corrected chi connectivity index (χ0v) is 11.9. The molecule has 19 heavy (non-hydrogen) atoms. The van der Waals surface area contributed by atoms with Crippen LogP contribution in [0.15, 0.2) is 22.7 Å². The molecular formula is C10H9BrClN5O2. The van der Waals surface area contributed by atoms with Gasteiger partial charge in [0.2, 0.25) is 0 Å². The first-order valence-corrected chi connectivity index (χ1v) is 6.39. The fraction of sp³-hybridized carbons (Fsp3) is 0.200. The van der Waals surface area contributed by atoms with Crippen molar-refractivity contribution in [2.75, 3.05) is 6.61 Å². The summed E-state index contributed by atoms with van der Waals surface area (Å²) < 4.78 is 6.03. The Hall–Kier alpha value is -1.67. The van der Waals surface area contributed by atoms with Gasteiger partial charge in [-0.05, 0) is 34.1 Å². The summed E-state index contributed by atoms with van der Waals surface area (Å²) in [6.07, 6.45) is 0. The largest absolute Gasteiger partial charge is 0.483 e. The lowest BCUT2D eigenvalue weighted by atomic mass is 10.3. The lowest BCUT2D eigenvalue weighted by Crippen LogP contribution is -2.28. The summed E-state index contributed by atoms with van der Waals surface area (Å²) >= 11 is 9.09. The van der Waals surface area contributed by atoms with Crippen molar-refractivity contribution in [1.29, 1.82) is 0 Å². The van der Waals surface area contributed by atoms with E-state index in [1.54, 1.807) is 18.2 Å². The number of carbonyl (C=O) groups excluding carboxylic acids is 1. The molecule has 7 nitrogen and oxygen atoms in total. The predicted molar refractivity (Wildman–Crippen MR) is 70.7 cm³/mol. The predicted octanol–water partition coefficient (Wildman–Crippen LogP) is 1.31. The second-order valence-electron chi connectivity index (χ2n) is 3.47. The van der Waals surface area contributed by atoms with Crippen molar-refractivity contribution in [3.05, 3.63) is 33.5 Å². The second-order valence-corrected chi connectivity index (χ2v) is 4.76. The zero-order valence-electron chi connectivity index (χ0n) is 9.56. The number of nitrogens with one attached hydrogen (secondary N) is 2. The Balaban J connectivity index is 1.80. The number of carbonyl (C=O) groups is 1. The third-order valence-electron chi connectivity index (χ3n) is 2.09. The Morgan fingerprint density at radius 1 is 1.53 bits per heavy atom. The van der Waals surface area contributed by atoms with Gasteiger partial charge in [-0.1, -0.05) is 16.8 Å². The van der Waals surface area contributed by atoms with Crippen LogP contribution in [0.5, 0.6) is 5.75 Å². The maximum Gasteiger partial charge on any atom is 0.258 e. The number of nitrogens with zero attached hydrogens (tertiary/aromatic N) is 3. The molecule has 0 aliphatic rings. The van der Waals surface area contributed by atoms with Gasteiger partial charge in [-0.15, -0.1) is 10.2 Å². The number of ether oxygens (including phenoxy) is 1. The lowest BCUT2D eigenvalue weighted by molar-refractivity contribution is -0.123. The molecule has 0 fully saturated rings. The third kappa shape index (κ3) is 4.18. The van der Waals surface area contributed by atoms with E-state index in [1.807, 2.05) is 0 Å². The molecule has 1 aromatic heterocycles. The molecule has 2 aromatic rings. The summed E-state index contributed by atoms with van der Waals surface area (Å²) in [5, 5.41) is 16.3. The lowest BCUT2D eigenvalue weighted by Gasteiger charge is -2.08. The van der Waals surface area contributed by atoms with Crippen LogP contribution >= 0.6 is 27.5 Å². The Labute approximate surface area is 121 Å². The van der Waals surface area contributed by atoms with Gasteiger partial charge in [0.25, 0.3) is 5.91 Å². The van der Waals surface area contributed by atoms with E-state index in [4.69, 9.17) is 16.3 Å². The summed E-state index contributed by atoms with van der Waals surface area (Å²) in [6, 6.07) is 5.05. The molecule has 0 saturated carbocycles. The highest BCUT2D eigenvalue weighted by atomic mass is 79.9. The first kappa shape index (κ1) is 13.8.